The van der Waals surface area contributed by atoms with Crippen molar-refractivity contribution in [1.82, 2.24) is 9.97 Å². The van der Waals surface area contributed by atoms with Crippen LogP contribution in [-0.2, 0) is 10.9 Å². The molecule has 0 bridgehead atoms. The third-order valence-corrected chi connectivity index (χ3v) is 1.89. The van der Waals surface area contributed by atoms with Crippen molar-refractivity contribution in [2.45, 2.75) is 26.2 Å². The fourth-order valence-corrected chi connectivity index (χ4v) is 0.857. The van der Waals surface area contributed by atoms with Crippen molar-refractivity contribution in [2.75, 3.05) is 0 Å². The van der Waals surface area contributed by atoms with E-state index in [9.17, 15) is 0 Å². The van der Waals surface area contributed by atoms with Crippen molar-refractivity contribution in [3.8, 4) is 0 Å². The van der Waals surface area contributed by atoms with Crippen LogP contribution in [0.3, 0.4) is 0 Å². The Bertz CT molecular complexity index is 345. The van der Waals surface area contributed by atoms with Gasteiger partial charge in [0.25, 0.3) is 0 Å². The van der Waals surface area contributed by atoms with Crippen molar-refractivity contribution in [2.24, 2.45) is 5.14 Å². The second-order valence-electron chi connectivity index (χ2n) is 2.85. The van der Waals surface area contributed by atoms with Crippen LogP contribution in [0, 0.1) is 0 Å². The molecule has 0 radical (unpaired) electrons. The first kappa shape index (κ1) is 14.3. The number of aromatic nitrogens is 2. The van der Waals surface area contributed by atoms with Gasteiger partial charge < -0.3 is 0 Å². The summed E-state index contributed by atoms with van der Waals surface area (Å²) in [6.45, 7) is 4.21. The van der Waals surface area contributed by atoms with Gasteiger partial charge in [-0.25, -0.2) is 23.5 Å². The Hall–Kier alpha value is -0.720. The van der Waals surface area contributed by atoms with E-state index in [1.807, 2.05) is 0 Å². The largest absolute Gasteiger partial charge is 0.240 e. The zero-order chi connectivity index (χ0) is 11.8. The molecule has 0 aliphatic carbocycles. The summed E-state index contributed by atoms with van der Waals surface area (Å²) in [7, 11) is -2.62. The molecule has 1 rings (SSSR count). The predicted octanol–water partition coefficient (Wildman–Crippen LogP) is 1.11. The number of rotatable bonds is 2. The minimum Gasteiger partial charge on any atom is -0.240 e. The van der Waals surface area contributed by atoms with E-state index < -0.39 is 10.9 Å². The maximum atomic E-state index is 8.81. The molecule has 0 saturated carbocycles. The predicted molar refractivity (Wildman–Crippen MR) is 60.3 cm³/mol. The van der Waals surface area contributed by atoms with Crippen molar-refractivity contribution in [1.29, 1.82) is 0 Å². The van der Waals surface area contributed by atoms with E-state index >= 15 is 0 Å². The van der Waals surface area contributed by atoms with Gasteiger partial charge in [0.1, 0.15) is 5.82 Å². The fourth-order valence-electron chi connectivity index (χ4n) is 0.759. The highest BCUT2D eigenvalue weighted by atomic mass is 35.5. The summed E-state index contributed by atoms with van der Waals surface area (Å²) in [4.78, 5) is 8.21. The molecular formula is C8H14ClN3O2S. The van der Waals surface area contributed by atoms with E-state index in [4.69, 9.17) is 20.0 Å². The molecule has 1 aromatic heterocycles. The number of thiol groups is 1. The van der Waals surface area contributed by atoms with Crippen LogP contribution in [0.15, 0.2) is 12.4 Å². The molecule has 0 spiro atoms. The van der Waals surface area contributed by atoms with Crippen LogP contribution in [0.25, 0.3) is 0 Å². The lowest BCUT2D eigenvalue weighted by molar-refractivity contribution is 0.616. The van der Waals surface area contributed by atoms with Crippen molar-refractivity contribution in [3.63, 3.8) is 0 Å². The Morgan fingerprint density at radius 2 is 1.87 bits per heavy atom. The first-order chi connectivity index (χ1) is 6.97. The maximum Gasteiger partial charge on any atom is 0.198 e. The number of hydrogen-bond donors (Lipinski definition) is 2. The minimum absolute atomic E-state index is 0.423. The Morgan fingerprint density at radius 3 is 2.20 bits per heavy atom. The summed E-state index contributed by atoms with van der Waals surface area (Å²) in [6.07, 6.45) is 4.33. The average molecular weight is 252 g/mol. The highest BCUT2D eigenvalue weighted by Crippen LogP contribution is 2.14. The molecule has 5 nitrogen and oxygen atoms in total. The molecule has 1 heterocycles. The van der Waals surface area contributed by atoms with Gasteiger partial charge in [-0.15, -0.1) is 0 Å². The molecule has 7 heteroatoms. The highest BCUT2D eigenvalue weighted by Gasteiger charge is 2.04. The molecular weight excluding hydrogens is 238 g/mol. The summed E-state index contributed by atoms with van der Waals surface area (Å²) in [5, 5.41) is 4.66. The summed E-state index contributed by atoms with van der Waals surface area (Å²) in [5.41, 5.74) is 0. The molecule has 1 atom stereocenters. The minimum atomic E-state index is -2.62. The van der Waals surface area contributed by atoms with Gasteiger partial charge in [0, 0.05) is 18.3 Å². The van der Waals surface area contributed by atoms with Gasteiger partial charge in [-0.05, 0) is 6.42 Å². The molecule has 2 N–H and O–H groups in total. The van der Waals surface area contributed by atoms with Crippen molar-refractivity contribution >= 4 is 22.5 Å². The van der Waals surface area contributed by atoms with E-state index in [0.717, 1.165) is 12.2 Å². The third-order valence-electron chi connectivity index (χ3n) is 1.69. The van der Waals surface area contributed by atoms with Crippen LogP contribution in [0.5, 0.6) is 0 Å². The van der Waals surface area contributed by atoms with Crippen LogP contribution in [0.4, 0.5) is 0 Å². The highest BCUT2D eigenvalue weighted by molar-refractivity contribution is 7.69. The normalized spacial score (nSPS) is 11.8. The standard InChI is InChI=1S/C8H11ClN2.H3NO2S/c1-3-6(2)8-10-4-7(9)5-11-8;1-4(2)3/h4-6H,3H2,1-2H3;4H,(H2,1,2,3). The molecule has 86 valence electrons. The van der Waals surface area contributed by atoms with E-state index in [-0.39, 0.29) is 0 Å². The Morgan fingerprint density at radius 1 is 1.47 bits per heavy atom. The molecule has 1 unspecified atom stereocenters. The van der Waals surface area contributed by atoms with Crippen LogP contribution < -0.4 is 5.14 Å². The third kappa shape index (κ3) is 7.24. The van der Waals surface area contributed by atoms with Crippen LogP contribution >= 0.6 is 11.6 Å². The van der Waals surface area contributed by atoms with Gasteiger partial charge in [0.2, 0.25) is 0 Å². The Kier molecular flexibility index (Phi) is 7.19. The van der Waals surface area contributed by atoms with Crippen LogP contribution in [-0.4, -0.2) is 18.4 Å². The molecule has 15 heavy (non-hydrogen) atoms. The van der Waals surface area contributed by atoms with E-state index in [2.05, 4.69) is 29.0 Å². The van der Waals surface area contributed by atoms with Crippen LogP contribution in [0.2, 0.25) is 5.02 Å². The number of nitrogens with zero attached hydrogens (tertiary/aromatic N) is 2. The zero-order valence-corrected chi connectivity index (χ0v) is 10.2. The SMILES string of the molecule is CCC(C)c1ncc(Cl)cn1.N[SH](=O)=O. The van der Waals surface area contributed by atoms with Crippen molar-refractivity contribution in [3.05, 3.63) is 23.2 Å². The van der Waals surface area contributed by atoms with Gasteiger partial charge in [-0.1, -0.05) is 25.4 Å². The number of halogens is 1. The Labute approximate surface area is 95.8 Å². The summed E-state index contributed by atoms with van der Waals surface area (Å²) >= 11 is 5.63. The smallest absolute Gasteiger partial charge is 0.198 e. The van der Waals surface area contributed by atoms with Crippen molar-refractivity contribution < 1.29 is 8.42 Å². The maximum absolute atomic E-state index is 8.81. The van der Waals surface area contributed by atoms with Gasteiger partial charge in [0.05, 0.1) is 5.02 Å². The first-order valence-corrected chi connectivity index (χ1v) is 5.96. The lowest BCUT2D eigenvalue weighted by Crippen LogP contribution is -1.98. The van der Waals surface area contributed by atoms with Gasteiger partial charge in [0.15, 0.2) is 10.9 Å². The fraction of sp³-hybridized carbons (Fsp3) is 0.500. The summed E-state index contributed by atoms with van der Waals surface area (Å²) in [6, 6.07) is 0. The molecule has 1 aromatic rings. The second-order valence-corrected chi connectivity index (χ2v) is 3.86. The van der Waals surface area contributed by atoms with Crippen LogP contribution in [0.1, 0.15) is 32.0 Å². The zero-order valence-electron chi connectivity index (χ0n) is 8.55. The summed E-state index contributed by atoms with van der Waals surface area (Å²) in [5.74, 6) is 1.30. The molecule has 0 aliphatic heterocycles. The molecule has 0 saturated heterocycles. The van der Waals surface area contributed by atoms with E-state index in [0.29, 0.717) is 10.9 Å². The quantitative estimate of drug-likeness (QED) is 0.771. The Balaban J connectivity index is 0.000000423. The molecule has 0 aromatic carbocycles. The van der Waals surface area contributed by atoms with E-state index in [1.165, 1.54) is 0 Å². The number of hydrogen-bond acceptors (Lipinski definition) is 4. The average Bonchev–Trinajstić information content (AvgIpc) is 2.17. The summed E-state index contributed by atoms with van der Waals surface area (Å²) < 4.78 is 17.6. The number of nitrogens with two attached hydrogens (primary N) is 1. The topological polar surface area (TPSA) is 85.9 Å². The molecule has 0 aliphatic rings. The van der Waals surface area contributed by atoms with Gasteiger partial charge >= 0.3 is 0 Å². The molecule has 0 fully saturated rings. The lowest BCUT2D eigenvalue weighted by Gasteiger charge is -2.04. The van der Waals surface area contributed by atoms with Gasteiger partial charge in [-0.2, -0.15) is 0 Å². The second kappa shape index (κ2) is 7.56. The monoisotopic (exact) mass is 251 g/mol. The lowest BCUT2D eigenvalue weighted by atomic mass is 10.1. The first-order valence-electron chi connectivity index (χ1n) is 4.33. The van der Waals surface area contributed by atoms with E-state index in [1.54, 1.807) is 12.4 Å². The van der Waals surface area contributed by atoms with Gasteiger partial charge in [-0.3, -0.25) is 0 Å². The molecule has 0 amide bonds.